The Morgan fingerprint density at radius 1 is 1.37 bits per heavy atom. The Bertz CT molecular complexity index is 500. The molecule has 1 aliphatic rings. The molecule has 1 N–H and O–H groups in total. The molecule has 0 aliphatic heterocycles. The fraction of sp³-hybridized carbons (Fsp3) is 0.412. The molecule has 2 rings (SSSR count). The summed E-state index contributed by atoms with van der Waals surface area (Å²) in [6, 6.07) is 4.23. The summed E-state index contributed by atoms with van der Waals surface area (Å²) in [5, 5.41) is 9.02. The minimum Gasteiger partial charge on any atom is -0.513 e. The standard InChI is InChI=1S/C17H22O2/c1-12-6-4-8-15-11-16(10-13(2)17(12)15)19-9-5-7-14(3)18/h10-11,18H,1,3-9H2,2H3. The molecule has 0 fully saturated rings. The van der Waals surface area contributed by atoms with Crippen LogP contribution in [0.25, 0.3) is 5.57 Å². The van der Waals surface area contributed by atoms with E-state index >= 15 is 0 Å². The van der Waals surface area contributed by atoms with Gasteiger partial charge in [0.25, 0.3) is 0 Å². The third-order valence-corrected chi connectivity index (χ3v) is 3.55. The highest BCUT2D eigenvalue weighted by molar-refractivity contribution is 5.71. The monoisotopic (exact) mass is 258 g/mol. The van der Waals surface area contributed by atoms with E-state index in [2.05, 4.69) is 32.2 Å². The summed E-state index contributed by atoms with van der Waals surface area (Å²) >= 11 is 0. The molecule has 0 radical (unpaired) electrons. The number of hydrogen-bond donors (Lipinski definition) is 1. The maximum absolute atomic E-state index is 9.02. The first-order valence-corrected chi connectivity index (χ1v) is 6.89. The zero-order valence-corrected chi connectivity index (χ0v) is 11.7. The van der Waals surface area contributed by atoms with Crippen LogP contribution in [0.2, 0.25) is 0 Å². The van der Waals surface area contributed by atoms with Crippen molar-refractivity contribution in [1.82, 2.24) is 0 Å². The smallest absolute Gasteiger partial charge is 0.119 e. The third-order valence-electron chi connectivity index (χ3n) is 3.55. The zero-order valence-electron chi connectivity index (χ0n) is 11.7. The van der Waals surface area contributed by atoms with Crippen molar-refractivity contribution in [3.63, 3.8) is 0 Å². The molecule has 1 aromatic rings. The number of aryl methyl sites for hydroxylation is 2. The van der Waals surface area contributed by atoms with Crippen LogP contribution in [-0.4, -0.2) is 11.7 Å². The molecule has 0 heterocycles. The molecule has 2 heteroatoms. The minimum absolute atomic E-state index is 0.224. The molecule has 0 bridgehead atoms. The summed E-state index contributed by atoms with van der Waals surface area (Å²) in [6.07, 6.45) is 4.78. The van der Waals surface area contributed by atoms with Crippen molar-refractivity contribution in [3.05, 3.63) is 47.7 Å². The molecule has 1 aliphatic carbocycles. The molecule has 19 heavy (non-hydrogen) atoms. The number of aliphatic hydroxyl groups excluding tert-OH is 1. The van der Waals surface area contributed by atoms with Gasteiger partial charge in [0, 0.05) is 6.42 Å². The molecular weight excluding hydrogens is 236 g/mol. The van der Waals surface area contributed by atoms with Gasteiger partial charge in [-0.15, -0.1) is 0 Å². The predicted octanol–water partition coefficient (Wildman–Crippen LogP) is 4.58. The lowest BCUT2D eigenvalue weighted by Crippen LogP contribution is -2.05. The van der Waals surface area contributed by atoms with Crippen LogP contribution in [0.15, 0.2) is 31.0 Å². The Labute approximate surface area is 115 Å². The fourth-order valence-electron chi connectivity index (χ4n) is 2.69. The van der Waals surface area contributed by atoms with Crippen molar-refractivity contribution in [3.8, 4) is 5.75 Å². The van der Waals surface area contributed by atoms with Crippen molar-refractivity contribution in [2.24, 2.45) is 0 Å². The van der Waals surface area contributed by atoms with E-state index in [1.807, 2.05) is 0 Å². The van der Waals surface area contributed by atoms with Gasteiger partial charge in [0.05, 0.1) is 12.4 Å². The largest absolute Gasteiger partial charge is 0.513 e. The summed E-state index contributed by atoms with van der Waals surface area (Å²) in [4.78, 5) is 0. The topological polar surface area (TPSA) is 29.5 Å². The van der Waals surface area contributed by atoms with E-state index < -0.39 is 0 Å². The predicted molar refractivity (Wildman–Crippen MR) is 79.6 cm³/mol. The maximum atomic E-state index is 9.02. The van der Waals surface area contributed by atoms with E-state index in [-0.39, 0.29) is 5.76 Å². The minimum atomic E-state index is 0.224. The van der Waals surface area contributed by atoms with Crippen LogP contribution in [0.1, 0.15) is 42.4 Å². The summed E-state index contributed by atoms with van der Waals surface area (Å²) in [7, 11) is 0. The summed E-state index contributed by atoms with van der Waals surface area (Å²) in [6.45, 7) is 10.4. The normalized spacial score (nSPS) is 14.1. The molecule has 102 valence electrons. The Hall–Kier alpha value is -1.70. The van der Waals surface area contributed by atoms with E-state index in [1.165, 1.54) is 28.7 Å². The Balaban J connectivity index is 2.05. The molecule has 0 saturated heterocycles. The van der Waals surface area contributed by atoms with Crippen molar-refractivity contribution in [2.45, 2.75) is 39.0 Å². The van der Waals surface area contributed by atoms with E-state index in [0.29, 0.717) is 13.0 Å². The molecule has 0 saturated carbocycles. The second-order valence-corrected chi connectivity index (χ2v) is 5.25. The highest BCUT2D eigenvalue weighted by Crippen LogP contribution is 2.34. The van der Waals surface area contributed by atoms with Crippen molar-refractivity contribution < 1.29 is 9.84 Å². The van der Waals surface area contributed by atoms with Gasteiger partial charge >= 0.3 is 0 Å². The van der Waals surface area contributed by atoms with Crippen LogP contribution >= 0.6 is 0 Å². The van der Waals surface area contributed by atoms with E-state index in [0.717, 1.165) is 25.0 Å². The van der Waals surface area contributed by atoms with Gasteiger partial charge in [0.15, 0.2) is 0 Å². The quantitative estimate of drug-likeness (QED) is 0.619. The van der Waals surface area contributed by atoms with Gasteiger partial charge < -0.3 is 9.84 Å². The molecule has 2 nitrogen and oxygen atoms in total. The lowest BCUT2D eigenvalue weighted by Gasteiger charge is -2.21. The van der Waals surface area contributed by atoms with Gasteiger partial charge in [-0.2, -0.15) is 0 Å². The van der Waals surface area contributed by atoms with Crippen molar-refractivity contribution >= 4 is 5.57 Å². The van der Waals surface area contributed by atoms with Crippen LogP contribution in [0, 0.1) is 6.92 Å². The van der Waals surface area contributed by atoms with E-state index in [4.69, 9.17) is 9.84 Å². The Morgan fingerprint density at radius 3 is 2.89 bits per heavy atom. The molecule has 0 spiro atoms. The molecule has 0 unspecified atom stereocenters. The van der Waals surface area contributed by atoms with Gasteiger partial charge in [-0.3, -0.25) is 0 Å². The number of allylic oxidation sites excluding steroid dienone is 2. The number of aliphatic hydroxyl groups is 1. The zero-order chi connectivity index (χ0) is 13.8. The molecule has 0 aromatic heterocycles. The lowest BCUT2D eigenvalue weighted by atomic mass is 9.85. The number of rotatable bonds is 5. The second-order valence-electron chi connectivity index (χ2n) is 5.25. The second kappa shape index (κ2) is 5.96. The molecular formula is C17H22O2. The number of ether oxygens (including phenoxy) is 1. The number of hydrogen-bond acceptors (Lipinski definition) is 2. The number of fused-ring (bicyclic) bond motifs is 1. The average molecular weight is 258 g/mol. The van der Waals surface area contributed by atoms with Crippen molar-refractivity contribution in [2.75, 3.05) is 6.61 Å². The fourth-order valence-corrected chi connectivity index (χ4v) is 2.69. The average Bonchev–Trinajstić information content (AvgIpc) is 2.34. The van der Waals surface area contributed by atoms with Crippen LogP contribution in [0.4, 0.5) is 0 Å². The highest BCUT2D eigenvalue weighted by Gasteiger charge is 2.16. The van der Waals surface area contributed by atoms with Crippen LogP contribution in [-0.2, 0) is 6.42 Å². The van der Waals surface area contributed by atoms with E-state index in [9.17, 15) is 0 Å². The maximum Gasteiger partial charge on any atom is 0.119 e. The van der Waals surface area contributed by atoms with Gasteiger partial charge in [-0.25, -0.2) is 0 Å². The summed E-state index contributed by atoms with van der Waals surface area (Å²) < 4.78 is 5.76. The summed E-state index contributed by atoms with van der Waals surface area (Å²) in [5.74, 6) is 1.15. The Kier molecular flexibility index (Phi) is 4.31. The highest BCUT2D eigenvalue weighted by atomic mass is 16.5. The van der Waals surface area contributed by atoms with Gasteiger partial charge in [0.1, 0.15) is 5.75 Å². The first-order chi connectivity index (χ1) is 9.08. The van der Waals surface area contributed by atoms with Gasteiger partial charge in [-0.05, 0) is 67.0 Å². The molecule has 0 atom stereocenters. The molecule has 1 aromatic carbocycles. The lowest BCUT2D eigenvalue weighted by molar-refractivity contribution is 0.295. The SMILES string of the molecule is C=C(O)CCCOc1cc(C)c2c(c1)CCCC2=C. The first kappa shape index (κ1) is 13.7. The van der Waals surface area contributed by atoms with Crippen LogP contribution in [0.5, 0.6) is 5.75 Å². The number of benzene rings is 1. The van der Waals surface area contributed by atoms with Crippen molar-refractivity contribution in [1.29, 1.82) is 0 Å². The molecule has 0 amide bonds. The third kappa shape index (κ3) is 3.40. The Morgan fingerprint density at radius 2 is 2.16 bits per heavy atom. The summed E-state index contributed by atoms with van der Waals surface area (Å²) in [5.41, 5.74) is 5.20. The van der Waals surface area contributed by atoms with Crippen LogP contribution < -0.4 is 4.74 Å². The van der Waals surface area contributed by atoms with Gasteiger partial charge in [-0.1, -0.05) is 13.2 Å². The van der Waals surface area contributed by atoms with Crippen LogP contribution in [0.3, 0.4) is 0 Å². The van der Waals surface area contributed by atoms with Gasteiger partial charge in [0.2, 0.25) is 0 Å². The first-order valence-electron chi connectivity index (χ1n) is 6.89. The van der Waals surface area contributed by atoms with E-state index in [1.54, 1.807) is 0 Å².